The number of rotatable bonds is 4. The molecule has 0 fully saturated rings. The van der Waals surface area contributed by atoms with Crippen LogP contribution in [0.4, 0.5) is 0 Å². The molecule has 0 saturated heterocycles. The van der Waals surface area contributed by atoms with Crippen LogP contribution in [0.25, 0.3) is 0 Å². The average Bonchev–Trinajstić information content (AvgIpc) is 2.48. The van der Waals surface area contributed by atoms with Crippen molar-refractivity contribution in [2.45, 2.75) is 26.7 Å². The number of carbonyl (C=O) groups excluding carboxylic acids is 1. The quantitative estimate of drug-likeness (QED) is 0.654. The Labute approximate surface area is 77.4 Å². The van der Waals surface area contributed by atoms with E-state index in [2.05, 4.69) is 13.8 Å². The standard InChI is InChI=1S/C10H14OS/c1-8(2)3-4-10-5-9(6-11)7-12-10/h5-8H,3-4H2,1-2H3. The van der Waals surface area contributed by atoms with Crippen molar-refractivity contribution in [1.29, 1.82) is 0 Å². The molecule has 0 spiro atoms. The zero-order valence-corrected chi connectivity index (χ0v) is 8.36. The minimum atomic E-state index is 0.742. The Kier molecular flexibility index (Phi) is 3.48. The van der Waals surface area contributed by atoms with Crippen molar-refractivity contribution in [3.8, 4) is 0 Å². The molecule has 0 aliphatic heterocycles. The molecule has 66 valence electrons. The van der Waals surface area contributed by atoms with E-state index in [-0.39, 0.29) is 0 Å². The van der Waals surface area contributed by atoms with E-state index in [0.29, 0.717) is 0 Å². The minimum Gasteiger partial charge on any atom is -0.298 e. The summed E-state index contributed by atoms with van der Waals surface area (Å²) in [7, 11) is 0. The second-order valence-corrected chi connectivity index (χ2v) is 4.39. The van der Waals surface area contributed by atoms with E-state index in [0.717, 1.165) is 24.2 Å². The van der Waals surface area contributed by atoms with Crippen LogP contribution in [0, 0.1) is 5.92 Å². The van der Waals surface area contributed by atoms with Gasteiger partial charge in [0.05, 0.1) is 0 Å². The van der Waals surface area contributed by atoms with Crippen LogP contribution in [-0.2, 0) is 6.42 Å². The number of hydrogen-bond donors (Lipinski definition) is 0. The van der Waals surface area contributed by atoms with Crippen LogP contribution in [0.1, 0.15) is 35.5 Å². The number of aldehydes is 1. The van der Waals surface area contributed by atoms with Crippen molar-refractivity contribution in [2.24, 2.45) is 5.92 Å². The highest BCUT2D eigenvalue weighted by Gasteiger charge is 2.00. The highest BCUT2D eigenvalue weighted by Crippen LogP contribution is 2.16. The zero-order valence-electron chi connectivity index (χ0n) is 7.54. The van der Waals surface area contributed by atoms with Gasteiger partial charge >= 0.3 is 0 Å². The van der Waals surface area contributed by atoms with Gasteiger partial charge in [0.1, 0.15) is 0 Å². The average molecular weight is 182 g/mol. The van der Waals surface area contributed by atoms with Crippen LogP contribution in [-0.4, -0.2) is 6.29 Å². The van der Waals surface area contributed by atoms with Crippen molar-refractivity contribution < 1.29 is 4.79 Å². The van der Waals surface area contributed by atoms with Crippen LogP contribution < -0.4 is 0 Å². The fourth-order valence-corrected chi connectivity index (χ4v) is 1.87. The molecule has 0 aliphatic carbocycles. The topological polar surface area (TPSA) is 17.1 Å². The van der Waals surface area contributed by atoms with Crippen molar-refractivity contribution in [3.63, 3.8) is 0 Å². The summed E-state index contributed by atoms with van der Waals surface area (Å²) in [5.41, 5.74) is 0.818. The smallest absolute Gasteiger partial charge is 0.150 e. The summed E-state index contributed by atoms with van der Waals surface area (Å²) in [6.07, 6.45) is 3.23. The fraction of sp³-hybridized carbons (Fsp3) is 0.500. The molecule has 0 N–H and O–H groups in total. The number of thiophene rings is 1. The molecule has 2 heteroatoms. The molecule has 0 unspecified atom stereocenters. The van der Waals surface area contributed by atoms with Crippen LogP contribution in [0.2, 0.25) is 0 Å². The van der Waals surface area contributed by atoms with E-state index in [1.807, 2.05) is 11.4 Å². The summed E-state index contributed by atoms with van der Waals surface area (Å²) in [5, 5.41) is 1.92. The van der Waals surface area contributed by atoms with Gasteiger partial charge in [0.15, 0.2) is 6.29 Å². The van der Waals surface area contributed by atoms with Crippen LogP contribution >= 0.6 is 11.3 Å². The van der Waals surface area contributed by atoms with Crippen molar-refractivity contribution >= 4 is 17.6 Å². The van der Waals surface area contributed by atoms with Crippen molar-refractivity contribution in [1.82, 2.24) is 0 Å². The molecule has 1 heterocycles. The van der Waals surface area contributed by atoms with Gasteiger partial charge in [0.2, 0.25) is 0 Å². The van der Waals surface area contributed by atoms with E-state index in [1.54, 1.807) is 11.3 Å². The first kappa shape index (κ1) is 9.46. The first-order chi connectivity index (χ1) is 5.72. The molecule has 1 aromatic rings. The lowest BCUT2D eigenvalue weighted by Crippen LogP contribution is -1.89. The van der Waals surface area contributed by atoms with Gasteiger partial charge in [0.25, 0.3) is 0 Å². The maximum absolute atomic E-state index is 10.4. The lowest BCUT2D eigenvalue weighted by Gasteiger charge is -2.00. The summed E-state index contributed by atoms with van der Waals surface area (Å²) in [6, 6.07) is 1.99. The Hall–Kier alpha value is -0.630. The maximum atomic E-state index is 10.4. The van der Waals surface area contributed by atoms with Crippen molar-refractivity contribution in [2.75, 3.05) is 0 Å². The molecule has 0 radical (unpaired) electrons. The first-order valence-corrected chi connectivity index (χ1v) is 5.13. The second kappa shape index (κ2) is 4.41. The summed E-state index contributed by atoms with van der Waals surface area (Å²) in [4.78, 5) is 11.7. The predicted molar refractivity (Wildman–Crippen MR) is 52.9 cm³/mol. The highest BCUT2D eigenvalue weighted by molar-refractivity contribution is 7.10. The van der Waals surface area contributed by atoms with E-state index >= 15 is 0 Å². The second-order valence-electron chi connectivity index (χ2n) is 3.40. The molecule has 12 heavy (non-hydrogen) atoms. The first-order valence-electron chi connectivity index (χ1n) is 4.25. The molecule has 0 aliphatic rings. The molecule has 0 saturated carbocycles. The number of carbonyl (C=O) groups is 1. The van der Waals surface area contributed by atoms with E-state index < -0.39 is 0 Å². The molecule has 0 atom stereocenters. The number of aryl methyl sites for hydroxylation is 1. The van der Waals surface area contributed by atoms with Crippen LogP contribution in [0.15, 0.2) is 11.4 Å². The molecule has 0 amide bonds. The maximum Gasteiger partial charge on any atom is 0.150 e. The van der Waals surface area contributed by atoms with Crippen LogP contribution in [0.5, 0.6) is 0 Å². The molecule has 1 nitrogen and oxygen atoms in total. The molecule has 1 rings (SSSR count). The lowest BCUT2D eigenvalue weighted by atomic mass is 10.1. The van der Waals surface area contributed by atoms with Gasteiger partial charge in [-0.25, -0.2) is 0 Å². The summed E-state index contributed by atoms with van der Waals surface area (Å²) in [5.74, 6) is 0.742. The number of hydrogen-bond acceptors (Lipinski definition) is 2. The molecule has 0 bridgehead atoms. The van der Waals surface area contributed by atoms with Gasteiger partial charge in [-0.05, 0) is 24.8 Å². The zero-order chi connectivity index (χ0) is 8.97. The largest absolute Gasteiger partial charge is 0.298 e. The molecule has 0 aromatic carbocycles. The van der Waals surface area contributed by atoms with Gasteiger partial charge in [-0.1, -0.05) is 13.8 Å². The Morgan fingerprint density at radius 3 is 2.83 bits per heavy atom. The highest BCUT2D eigenvalue weighted by atomic mass is 32.1. The van der Waals surface area contributed by atoms with E-state index in [4.69, 9.17) is 0 Å². The normalized spacial score (nSPS) is 10.6. The molecular weight excluding hydrogens is 168 g/mol. The SMILES string of the molecule is CC(C)CCc1cc(C=O)cs1. The third-order valence-electron chi connectivity index (χ3n) is 1.78. The third-order valence-corrected chi connectivity index (χ3v) is 2.79. The van der Waals surface area contributed by atoms with Gasteiger partial charge in [-0.15, -0.1) is 11.3 Å². The Morgan fingerprint density at radius 1 is 1.58 bits per heavy atom. The molecular formula is C10H14OS. The molecule has 1 aromatic heterocycles. The Balaban J connectivity index is 2.47. The van der Waals surface area contributed by atoms with Gasteiger partial charge in [-0.2, -0.15) is 0 Å². The van der Waals surface area contributed by atoms with Crippen molar-refractivity contribution in [3.05, 3.63) is 21.9 Å². The van der Waals surface area contributed by atoms with E-state index in [9.17, 15) is 4.79 Å². The predicted octanol–water partition coefficient (Wildman–Crippen LogP) is 3.15. The minimum absolute atomic E-state index is 0.742. The Morgan fingerprint density at radius 2 is 2.33 bits per heavy atom. The van der Waals surface area contributed by atoms with Crippen LogP contribution in [0.3, 0.4) is 0 Å². The monoisotopic (exact) mass is 182 g/mol. The fourth-order valence-electron chi connectivity index (χ4n) is 1.02. The third kappa shape index (κ3) is 2.78. The van der Waals surface area contributed by atoms with Gasteiger partial charge in [0, 0.05) is 15.8 Å². The lowest BCUT2D eigenvalue weighted by molar-refractivity contribution is 0.112. The van der Waals surface area contributed by atoms with Gasteiger partial charge in [-0.3, -0.25) is 4.79 Å². The summed E-state index contributed by atoms with van der Waals surface area (Å²) >= 11 is 1.68. The van der Waals surface area contributed by atoms with E-state index in [1.165, 1.54) is 11.3 Å². The summed E-state index contributed by atoms with van der Waals surface area (Å²) < 4.78 is 0. The summed E-state index contributed by atoms with van der Waals surface area (Å²) in [6.45, 7) is 4.43. The van der Waals surface area contributed by atoms with Gasteiger partial charge < -0.3 is 0 Å². The Bertz CT molecular complexity index is 250.